The quantitative estimate of drug-likeness (QED) is 0.780. The lowest BCUT2D eigenvalue weighted by Gasteiger charge is -2.12. The number of fused-ring (bicyclic) bond motifs is 1. The lowest BCUT2D eigenvalue weighted by atomic mass is 10.0. The normalized spacial score (nSPS) is 12.9. The lowest BCUT2D eigenvalue weighted by Crippen LogP contribution is -2.21. The summed E-state index contributed by atoms with van der Waals surface area (Å²) >= 11 is 0. The smallest absolute Gasteiger partial charge is 0.102 e. The van der Waals surface area contributed by atoms with Crippen LogP contribution in [-0.2, 0) is 20.0 Å². The molecule has 0 aliphatic rings. The summed E-state index contributed by atoms with van der Waals surface area (Å²) in [4.78, 5) is 0. The number of hydrogen-bond donors (Lipinski definition) is 1. The zero-order valence-electron chi connectivity index (χ0n) is 12.5. The second-order valence-corrected chi connectivity index (χ2v) is 5.55. The van der Waals surface area contributed by atoms with Crippen LogP contribution < -0.4 is 5.73 Å². The highest BCUT2D eigenvalue weighted by atomic mass is 15.4. The molecule has 21 heavy (non-hydrogen) atoms. The summed E-state index contributed by atoms with van der Waals surface area (Å²) in [5.41, 5.74) is 9.66. The minimum Gasteiger partial charge on any atom is -0.341 e. The van der Waals surface area contributed by atoms with Gasteiger partial charge in [-0.05, 0) is 29.9 Å². The Kier molecular flexibility index (Phi) is 3.75. The van der Waals surface area contributed by atoms with Crippen LogP contribution in [0.15, 0.2) is 36.7 Å². The van der Waals surface area contributed by atoms with E-state index < -0.39 is 0 Å². The first-order valence-corrected chi connectivity index (χ1v) is 7.35. The molecule has 5 nitrogen and oxygen atoms in total. The van der Waals surface area contributed by atoms with Gasteiger partial charge in [-0.1, -0.05) is 30.3 Å². The van der Waals surface area contributed by atoms with Gasteiger partial charge in [-0.2, -0.15) is 0 Å². The first-order chi connectivity index (χ1) is 10.2. The summed E-state index contributed by atoms with van der Waals surface area (Å²) in [5.74, 6) is 0. The molecule has 3 aromatic rings. The van der Waals surface area contributed by atoms with E-state index in [1.807, 2.05) is 13.2 Å². The van der Waals surface area contributed by atoms with E-state index >= 15 is 0 Å². The van der Waals surface area contributed by atoms with Crippen LogP contribution >= 0.6 is 0 Å². The molecule has 1 aromatic carbocycles. The van der Waals surface area contributed by atoms with Crippen molar-refractivity contribution in [3.05, 3.63) is 47.9 Å². The molecule has 5 heteroatoms. The Labute approximate surface area is 124 Å². The van der Waals surface area contributed by atoms with Crippen LogP contribution in [0.5, 0.6) is 0 Å². The summed E-state index contributed by atoms with van der Waals surface area (Å²) in [7, 11) is 1.88. The Morgan fingerprint density at radius 3 is 2.86 bits per heavy atom. The van der Waals surface area contributed by atoms with E-state index in [1.165, 1.54) is 16.5 Å². The van der Waals surface area contributed by atoms with Crippen LogP contribution in [0.4, 0.5) is 0 Å². The minimum absolute atomic E-state index is 0.204. The highest BCUT2D eigenvalue weighted by Crippen LogP contribution is 2.22. The van der Waals surface area contributed by atoms with Crippen molar-refractivity contribution in [3.63, 3.8) is 0 Å². The molecule has 110 valence electrons. The Hall–Kier alpha value is -2.14. The van der Waals surface area contributed by atoms with E-state index in [4.69, 9.17) is 5.73 Å². The van der Waals surface area contributed by atoms with E-state index in [-0.39, 0.29) is 6.04 Å². The molecule has 0 saturated heterocycles. The van der Waals surface area contributed by atoms with Gasteiger partial charge in [0.2, 0.25) is 0 Å². The number of para-hydroxylation sites is 1. The summed E-state index contributed by atoms with van der Waals surface area (Å²) in [6, 6.07) is 8.77. The van der Waals surface area contributed by atoms with Crippen LogP contribution in [0.3, 0.4) is 0 Å². The standard InChI is InChI=1S/C16H21N5/c1-3-14(17)9-13-6-4-5-12-7-8-21(16(12)13)11-15-10-20(2)19-18-15/h4-8,10,14H,3,9,11,17H2,1-2H3. The van der Waals surface area contributed by atoms with Crippen molar-refractivity contribution < 1.29 is 0 Å². The van der Waals surface area contributed by atoms with Gasteiger partial charge in [-0.3, -0.25) is 4.68 Å². The Morgan fingerprint density at radius 2 is 2.14 bits per heavy atom. The monoisotopic (exact) mass is 283 g/mol. The molecule has 0 fully saturated rings. The first kappa shape index (κ1) is 13.8. The van der Waals surface area contributed by atoms with Crippen molar-refractivity contribution in [2.75, 3.05) is 0 Å². The molecule has 0 spiro atoms. The molecule has 0 aliphatic heterocycles. The van der Waals surface area contributed by atoms with E-state index in [0.717, 1.165) is 25.1 Å². The molecular formula is C16H21N5. The number of rotatable bonds is 5. The topological polar surface area (TPSA) is 61.7 Å². The van der Waals surface area contributed by atoms with Crippen LogP contribution in [0.25, 0.3) is 10.9 Å². The van der Waals surface area contributed by atoms with Gasteiger partial charge in [0.1, 0.15) is 5.69 Å². The van der Waals surface area contributed by atoms with E-state index in [9.17, 15) is 0 Å². The van der Waals surface area contributed by atoms with Crippen molar-refractivity contribution in [1.29, 1.82) is 0 Å². The maximum Gasteiger partial charge on any atom is 0.102 e. The summed E-state index contributed by atoms with van der Waals surface area (Å²) in [5, 5.41) is 9.42. The zero-order valence-corrected chi connectivity index (χ0v) is 12.5. The molecule has 0 aliphatic carbocycles. The Morgan fingerprint density at radius 1 is 1.29 bits per heavy atom. The van der Waals surface area contributed by atoms with Gasteiger partial charge in [0, 0.05) is 25.5 Å². The fourth-order valence-electron chi connectivity index (χ4n) is 2.71. The van der Waals surface area contributed by atoms with Gasteiger partial charge < -0.3 is 10.3 Å². The third-order valence-electron chi connectivity index (χ3n) is 3.86. The van der Waals surface area contributed by atoms with Crippen molar-refractivity contribution in [2.45, 2.75) is 32.4 Å². The summed E-state index contributed by atoms with van der Waals surface area (Å²) in [6.07, 6.45) is 5.95. The minimum atomic E-state index is 0.204. The number of aryl methyl sites for hydroxylation is 1. The Bertz CT molecular complexity index is 740. The van der Waals surface area contributed by atoms with Gasteiger partial charge in [0.05, 0.1) is 12.1 Å². The van der Waals surface area contributed by atoms with Gasteiger partial charge >= 0.3 is 0 Å². The van der Waals surface area contributed by atoms with Crippen molar-refractivity contribution in [2.24, 2.45) is 12.8 Å². The van der Waals surface area contributed by atoms with Crippen LogP contribution in [-0.4, -0.2) is 25.6 Å². The zero-order chi connectivity index (χ0) is 14.8. The molecule has 0 radical (unpaired) electrons. The highest BCUT2D eigenvalue weighted by molar-refractivity contribution is 5.83. The molecule has 1 atom stereocenters. The van der Waals surface area contributed by atoms with Gasteiger partial charge in [0.25, 0.3) is 0 Å². The maximum atomic E-state index is 6.14. The van der Waals surface area contributed by atoms with Gasteiger partial charge in [-0.15, -0.1) is 5.10 Å². The average molecular weight is 283 g/mol. The predicted octanol–water partition coefficient (Wildman–Crippen LogP) is 2.10. The average Bonchev–Trinajstić information content (AvgIpc) is 3.07. The van der Waals surface area contributed by atoms with Gasteiger partial charge in [0.15, 0.2) is 0 Å². The van der Waals surface area contributed by atoms with Crippen LogP contribution in [0.1, 0.15) is 24.6 Å². The molecule has 1 unspecified atom stereocenters. The molecule has 3 rings (SSSR count). The SMILES string of the molecule is CCC(N)Cc1cccc2ccn(Cc3cn(C)nn3)c12. The molecule has 0 amide bonds. The van der Waals surface area contributed by atoms with Crippen LogP contribution in [0.2, 0.25) is 0 Å². The van der Waals surface area contributed by atoms with Crippen LogP contribution in [0, 0.1) is 0 Å². The van der Waals surface area contributed by atoms with Gasteiger partial charge in [-0.25, -0.2) is 0 Å². The number of nitrogens with zero attached hydrogens (tertiary/aromatic N) is 4. The number of hydrogen-bond acceptors (Lipinski definition) is 3. The van der Waals surface area contributed by atoms with Crippen molar-refractivity contribution >= 4 is 10.9 Å². The second kappa shape index (κ2) is 5.69. The third kappa shape index (κ3) is 2.83. The van der Waals surface area contributed by atoms with E-state index in [1.54, 1.807) is 4.68 Å². The third-order valence-corrected chi connectivity index (χ3v) is 3.86. The summed E-state index contributed by atoms with van der Waals surface area (Å²) < 4.78 is 3.96. The molecule has 2 N–H and O–H groups in total. The molecule has 0 saturated carbocycles. The molecule has 0 bridgehead atoms. The second-order valence-electron chi connectivity index (χ2n) is 5.55. The van der Waals surface area contributed by atoms with E-state index in [2.05, 4.69) is 52.3 Å². The number of aromatic nitrogens is 4. The molecular weight excluding hydrogens is 262 g/mol. The number of nitrogens with two attached hydrogens (primary N) is 1. The molecule has 2 heterocycles. The molecule has 2 aromatic heterocycles. The summed E-state index contributed by atoms with van der Waals surface area (Å²) in [6.45, 7) is 2.86. The van der Waals surface area contributed by atoms with Crippen molar-refractivity contribution in [1.82, 2.24) is 19.6 Å². The maximum absolute atomic E-state index is 6.14. The largest absolute Gasteiger partial charge is 0.341 e. The predicted molar refractivity (Wildman–Crippen MR) is 84.0 cm³/mol. The fraction of sp³-hybridized carbons (Fsp3) is 0.375. The fourth-order valence-corrected chi connectivity index (χ4v) is 2.71. The number of benzene rings is 1. The van der Waals surface area contributed by atoms with Crippen molar-refractivity contribution in [3.8, 4) is 0 Å². The lowest BCUT2D eigenvalue weighted by molar-refractivity contribution is 0.646. The van der Waals surface area contributed by atoms with E-state index in [0.29, 0.717) is 0 Å². The Balaban J connectivity index is 1.98. The first-order valence-electron chi connectivity index (χ1n) is 7.35. The highest BCUT2D eigenvalue weighted by Gasteiger charge is 2.10.